The van der Waals surface area contributed by atoms with Crippen LogP contribution in [0.2, 0.25) is 0 Å². The van der Waals surface area contributed by atoms with E-state index >= 15 is 0 Å². The minimum atomic E-state index is 0.592. The number of aromatic nitrogens is 4. The minimum Gasteiger partial charge on any atom is -0.375 e. The summed E-state index contributed by atoms with van der Waals surface area (Å²) in [4.78, 5) is 0. The summed E-state index contributed by atoms with van der Waals surface area (Å²) in [6, 6.07) is 20.8. The summed E-state index contributed by atoms with van der Waals surface area (Å²) in [5, 5.41) is 0. The highest BCUT2D eigenvalue weighted by atomic mass is 16.5. The third-order valence-electron chi connectivity index (χ3n) is 5.08. The maximum atomic E-state index is 5.69. The van der Waals surface area contributed by atoms with Crippen molar-refractivity contribution in [2.75, 3.05) is 26.4 Å². The molecule has 4 rings (SSSR count). The predicted molar refractivity (Wildman–Crippen MR) is 120 cm³/mol. The van der Waals surface area contributed by atoms with Gasteiger partial charge in [0.1, 0.15) is 0 Å². The van der Waals surface area contributed by atoms with Crippen molar-refractivity contribution in [2.24, 2.45) is 0 Å². The Labute approximate surface area is 189 Å². The lowest BCUT2D eigenvalue weighted by molar-refractivity contribution is -0.702. The molecule has 0 saturated carbocycles. The summed E-state index contributed by atoms with van der Waals surface area (Å²) in [5.41, 5.74) is 2.53. The first-order valence-corrected chi connectivity index (χ1v) is 11.0. The summed E-state index contributed by atoms with van der Waals surface area (Å²) >= 11 is 0. The topological polar surface area (TPSA) is 36.1 Å². The number of hydrogen-bond donors (Lipinski definition) is 0. The Morgan fingerprint density at radius 3 is 1.47 bits per heavy atom. The van der Waals surface area contributed by atoms with Gasteiger partial charge in [-0.05, 0) is 35.9 Å². The Hall–Kier alpha value is -3.22. The van der Waals surface area contributed by atoms with Gasteiger partial charge in [0.2, 0.25) is 12.7 Å². The average molecular weight is 431 g/mol. The molecule has 0 aliphatic heterocycles. The van der Waals surface area contributed by atoms with Crippen LogP contribution >= 0.6 is 0 Å². The molecule has 0 bridgehead atoms. The molecule has 6 heteroatoms. The Bertz CT molecular complexity index is 958. The van der Waals surface area contributed by atoms with E-state index in [9.17, 15) is 0 Å². The Morgan fingerprint density at radius 2 is 1.03 bits per heavy atom. The molecular weight excluding hydrogens is 400 g/mol. The fourth-order valence-corrected chi connectivity index (χ4v) is 3.42. The largest absolute Gasteiger partial charge is 0.375 e. The van der Waals surface area contributed by atoms with Gasteiger partial charge in [-0.1, -0.05) is 60.7 Å². The van der Waals surface area contributed by atoms with Crippen LogP contribution in [0.1, 0.15) is 11.1 Å². The van der Waals surface area contributed by atoms with Gasteiger partial charge in [0.15, 0.2) is 0 Å². The van der Waals surface area contributed by atoms with Gasteiger partial charge >= 0.3 is 0 Å². The maximum absolute atomic E-state index is 5.69. The van der Waals surface area contributed by atoms with E-state index in [0.29, 0.717) is 26.4 Å². The van der Waals surface area contributed by atoms with E-state index in [-0.39, 0.29) is 0 Å². The Balaban J connectivity index is 1.05. The highest BCUT2D eigenvalue weighted by Crippen LogP contribution is 2.01. The summed E-state index contributed by atoms with van der Waals surface area (Å²) in [7, 11) is 0. The number of nitrogens with zero attached hydrogens (tertiary/aromatic N) is 4. The van der Waals surface area contributed by atoms with Crippen LogP contribution in [0.5, 0.6) is 0 Å². The van der Waals surface area contributed by atoms with E-state index in [1.54, 1.807) is 0 Å². The second kappa shape index (κ2) is 12.0. The zero-order chi connectivity index (χ0) is 21.8. The fourth-order valence-electron chi connectivity index (χ4n) is 3.42. The molecule has 0 N–H and O–H groups in total. The second-order valence-corrected chi connectivity index (χ2v) is 7.63. The van der Waals surface area contributed by atoms with Crippen LogP contribution in [0.3, 0.4) is 0 Å². The smallest absolute Gasteiger partial charge is 0.204 e. The van der Waals surface area contributed by atoms with Gasteiger partial charge in [-0.2, -0.15) is 0 Å². The number of imidazole rings is 2. The van der Waals surface area contributed by atoms with Crippen molar-refractivity contribution in [1.29, 1.82) is 0 Å². The zero-order valence-electron chi connectivity index (χ0n) is 18.3. The van der Waals surface area contributed by atoms with Gasteiger partial charge in [0, 0.05) is 0 Å². The van der Waals surface area contributed by atoms with Crippen molar-refractivity contribution >= 4 is 0 Å². The standard InChI is InChI=1S/C26H30N4O2/c1-3-7-25(8-4-1)21-29-13-11-27(23-29)15-17-31-19-20-32-18-16-28-12-14-30(24-28)22-26-9-5-2-6-10-26/h1-14H,15-22H2. The monoisotopic (exact) mass is 430 g/mol. The first kappa shape index (κ1) is 22.0. The highest BCUT2D eigenvalue weighted by Gasteiger charge is 2.00. The third kappa shape index (κ3) is 7.18. The van der Waals surface area contributed by atoms with Crippen molar-refractivity contribution < 1.29 is 18.6 Å². The zero-order valence-corrected chi connectivity index (χ0v) is 18.3. The molecule has 0 saturated heterocycles. The molecule has 2 aromatic heterocycles. The second-order valence-electron chi connectivity index (χ2n) is 7.63. The number of hydrogen-bond acceptors (Lipinski definition) is 2. The van der Waals surface area contributed by atoms with Crippen molar-refractivity contribution in [2.45, 2.75) is 26.2 Å². The van der Waals surface area contributed by atoms with Crippen molar-refractivity contribution in [1.82, 2.24) is 9.13 Å². The molecule has 0 aliphatic rings. The van der Waals surface area contributed by atoms with Gasteiger partial charge < -0.3 is 27.7 Å². The van der Waals surface area contributed by atoms with Gasteiger partial charge in [-0.3, -0.25) is 0 Å². The van der Waals surface area contributed by atoms with E-state index in [4.69, 9.17) is 9.47 Å². The molecule has 0 unspecified atom stereocenters. The van der Waals surface area contributed by atoms with E-state index in [2.05, 4.69) is 70.3 Å². The van der Waals surface area contributed by atoms with E-state index in [1.807, 2.05) is 46.1 Å². The first-order chi connectivity index (χ1) is 15.8. The average Bonchev–Trinajstić information content (AvgIpc) is 3.46. The third-order valence-corrected chi connectivity index (χ3v) is 5.08. The number of ether oxygens (including phenoxy) is 2. The lowest BCUT2D eigenvalue weighted by Crippen LogP contribution is -2.35. The molecule has 4 aromatic rings. The quantitative estimate of drug-likeness (QED) is 0.185. The van der Waals surface area contributed by atoms with Gasteiger partial charge in [0.05, 0.1) is 52.6 Å². The molecule has 2 heterocycles. The summed E-state index contributed by atoms with van der Waals surface area (Å²) < 4.78 is 19.5. The van der Waals surface area contributed by atoms with Crippen molar-refractivity contribution in [3.05, 3.63) is 109 Å². The van der Waals surface area contributed by atoms with E-state index in [0.717, 1.165) is 26.2 Å². The SMILES string of the molecule is [c-]1n(Cc2ccccc2)cc[n+]1CCOCCOCC[n+]1[c-]n(Cc2ccccc2)cc1. The van der Waals surface area contributed by atoms with Crippen LogP contribution in [-0.2, 0) is 35.7 Å². The van der Waals surface area contributed by atoms with Gasteiger partial charge in [0.25, 0.3) is 0 Å². The molecule has 0 atom stereocenters. The van der Waals surface area contributed by atoms with Crippen LogP contribution in [0.4, 0.5) is 0 Å². The maximum Gasteiger partial charge on any atom is 0.204 e. The summed E-state index contributed by atoms with van der Waals surface area (Å²) in [5.74, 6) is 0. The molecule has 0 spiro atoms. The van der Waals surface area contributed by atoms with Crippen molar-refractivity contribution in [3.8, 4) is 0 Å². The van der Waals surface area contributed by atoms with E-state index in [1.165, 1.54) is 11.1 Å². The fraction of sp³-hybridized carbons (Fsp3) is 0.308. The van der Waals surface area contributed by atoms with Crippen LogP contribution in [0.15, 0.2) is 85.5 Å². The predicted octanol–water partition coefficient (Wildman–Crippen LogP) is 2.29. The normalized spacial score (nSPS) is 11.1. The highest BCUT2D eigenvalue weighted by molar-refractivity contribution is 5.15. The molecule has 32 heavy (non-hydrogen) atoms. The van der Waals surface area contributed by atoms with Crippen LogP contribution in [0.25, 0.3) is 0 Å². The Kier molecular flexibility index (Phi) is 8.23. The minimum absolute atomic E-state index is 0.592. The van der Waals surface area contributed by atoms with E-state index < -0.39 is 0 Å². The van der Waals surface area contributed by atoms with Crippen molar-refractivity contribution in [3.63, 3.8) is 0 Å². The summed E-state index contributed by atoms with van der Waals surface area (Å²) in [6.07, 6.45) is 14.8. The molecule has 0 radical (unpaired) electrons. The Morgan fingerprint density at radius 1 is 0.594 bits per heavy atom. The molecule has 166 valence electrons. The number of benzene rings is 2. The number of rotatable bonds is 13. The molecule has 0 fully saturated rings. The lowest BCUT2D eigenvalue weighted by atomic mass is 10.2. The molecule has 6 nitrogen and oxygen atoms in total. The first-order valence-electron chi connectivity index (χ1n) is 11.0. The molecule has 0 amide bonds. The molecular formula is C26H30N4O2. The van der Waals surface area contributed by atoms with Crippen LogP contribution in [-0.4, -0.2) is 35.6 Å². The van der Waals surface area contributed by atoms with Gasteiger partial charge in [-0.15, -0.1) is 0 Å². The molecule has 0 aliphatic carbocycles. The van der Waals surface area contributed by atoms with Crippen LogP contribution in [0, 0.1) is 12.7 Å². The van der Waals surface area contributed by atoms with Crippen LogP contribution < -0.4 is 9.13 Å². The lowest BCUT2D eigenvalue weighted by Gasteiger charge is -2.06. The van der Waals surface area contributed by atoms with Gasteiger partial charge in [-0.25, -0.2) is 0 Å². The summed E-state index contributed by atoms with van der Waals surface area (Å²) in [6.45, 7) is 5.68. The molecule has 2 aromatic carbocycles.